The first-order valence-electron chi connectivity index (χ1n) is 5.68. The lowest BCUT2D eigenvalue weighted by Gasteiger charge is -2.03. The minimum atomic E-state index is -3.65. The molecule has 2 heterocycles. The molecule has 104 valence electrons. The second-order valence-corrected chi connectivity index (χ2v) is 5.82. The second kappa shape index (κ2) is 5.06. The molecule has 2 rings (SSSR count). The SMILES string of the molecule is CNCc1cc(S(=O)(=O)Nc2cnn(C)c2)c(C)o1. The van der Waals surface area contributed by atoms with E-state index >= 15 is 0 Å². The number of furan rings is 1. The predicted octanol–water partition coefficient (Wildman–Crippen LogP) is 0.842. The molecule has 0 aromatic carbocycles. The van der Waals surface area contributed by atoms with Gasteiger partial charge in [0.05, 0.1) is 18.4 Å². The second-order valence-electron chi connectivity index (χ2n) is 4.17. The van der Waals surface area contributed by atoms with Gasteiger partial charge in [0.2, 0.25) is 0 Å². The minimum absolute atomic E-state index is 0.140. The Hall–Kier alpha value is -1.80. The Morgan fingerprint density at radius 3 is 2.79 bits per heavy atom. The Morgan fingerprint density at radius 1 is 1.47 bits per heavy atom. The van der Waals surface area contributed by atoms with Crippen molar-refractivity contribution in [2.24, 2.45) is 7.05 Å². The van der Waals surface area contributed by atoms with E-state index in [4.69, 9.17) is 4.42 Å². The third kappa shape index (κ3) is 2.96. The molecule has 0 saturated heterocycles. The fourth-order valence-electron chi connectivity index (χ4n) is 1.74. The van der Waals surface area contributed by atoms with Gasteiger partial charge >= 0.3 is 0 Å². The largest absolute Gasteiger partial charge is 0.464 e. The van der Waals surface area contributed by atoms with Gasteiger partial charge in [-0.25, -0.2) is 8.42 Å². The molecule has 0 spiro atoms. The molecule has 0 saturated carbocycles. The Kier molecular flexibility index (Phi) is 3.63. The van der Waals surface area contributed by atoms with Gasteiger partial charge in [0.15, 0.2) is 0 Å². The van der Waals surface area contributed by atoms with Crippen LogP contribution in [0, 0.1) is 6.92 Å². The maximum atomic E-state index is 12.2. The Morgan fingerprint density at radius 2 is 2.21 bits per heavy atom. The third-order valence-electron chi connectivity index (χ3n) is 2.52. The molecule has 0 bridgehead atoms. The van der Waals surface area contributed by atoms with Crippen molar-refractivity contribution in [1.29, 1.82) is 0 Å². The van der Waals surface area contributed by atoms with E-state index in [-0.39, 0.29) is 4.90 Å². The summed E-state index contributed by atoms with van der Waals surface area (Å²) in [4.78, 5) is 0.140. The summed E-state index contributed by atoms with van der Waals surface area (Å²) in [6, 6.07) is 1.52. The van der Waals surface area contributed by atoms with Crippen molar-refractivity contribution in [3.8, 4) is 0 Å². The molecule has 0 unspecified atom stereocenters. The van der Waals surface area contributed by atoms with E-state index in [2.05, 4.69) is 15.1 Å². The zero-order chi connectivity index (χ0) is 14.0. The van der Waals surface area contributed by atoms with Crippen LogP contribution in [-0.2, 0) is 23.6 Å². The van der Waals surface area contributed by atoms with Crippen LogP contribution in [0.5, 0.6) is 0 Å². The summed E-state index contributed by atoms with van der Waals surface area (Å²) in [7, 11) is -0.175. The first-order chi connectivity index (χ1) is 8.92. The lowest BCUT2D eigenvalue weighted by Crippen LogP contribution is -2.12. The Bertz CT molecular complexity index is 672. The molecule has 19 heavy (non-hydrogen) atoms. The summed E-state index contributed by atoms with van der Waals surface area (Å²) < 4.78 is 33.8. The summed E-state index contributed by atoms with van der Waals surface area (Å²) in [6.45, 7) is 2.10. The number of sulfonamides is 1. The van der Waals surface area contributed by atoms with Gasteiger partial charge in [-0.1, -0.05) is 0 Å². The van der Waals surface area contributed by atoms with Crippen molar-refractivity contribution in [3.63, 3.8) is 0 Å². The number of hydrogen-bond donors (Lipinski definition) is 2. The fraction of sp³-hybridized carbons (Fsp3) is 0.364. The zero-order valence-corrected chi connectivity index (χ0v) is 11.8. The molecule has 2 aromatic heterocycles. The smallest absolute Gasteiger partial charge is 0.265 e. The van der Waals surface area contributed by atoms with E-state index in [0.717, 1.165) is 0 Å². The van der Waals surface area contributed by atoms with Crippen molar-refractivity contribution in [3.05, 3.63) is 30.0 Å². The van der Waals surface area contributed by atoms with Gasteiger partial charge in [0.25, 0.3) is 10.0 Å². The molecule has 0 aliphatic carbocycles. The molecular weight excluding hydrogens is 268 g/mol. The van der Waals surface area contributed by atoms with Crippen LogP contribution >= 0.6 is 0 Å². The standard InChI is InChI=1S/C11H16N4O3S/c1-8-11(4-10(18-8)6-12-2)19(16,17)14-9-5-13-15(3)7-9/h4-5,7,12,14H,6H2,1-3H3. The van der Waals surface area contributed by atoms with Crippen molar-refractivity contribution in [2.75, 3.05) is 11.8 Å². The third-order valence-corrected chi connectivity index (χ3v) is 4.01. The minimum Gasteiger partial charge on any atom is -0.464 e. The predicted molar refractivity (Wildman–Crippen MR) is 70.2 cm³/mol. The molecule has 0 amide bonds. The maximum Gasteiger partial charge on any atom is 0.265 e. The van der Waals surface area contributed by atoms with Crippen molar-refractivity contribution < 1.29 is 12.8 Å². The molecule has 2 aromatic rings. The van der Waals surface area contributed by atoms with Crippen LogP contribution in [0.1, 0.15) is 11.5 Å². The summed E-state index contributed by atoms with van der Waals surface area (Å²) >= 11 is 0. The van der Waals surface area contributed by atoms with E-state index in [1.54, 1.807) is 27.2 Å². The monoisotopic (exact) mass is 284 g/mol. The number of nitrogens with zero attached hydrogens (tertiary/aromatic N) is 2. The van der Waals surface area contributed by atoms with E-state index in [1.807, 2.05) is 0 Å². The molecule has 0 fully saturated rings. The topological polar surface area (TPSA) is 89.2 Å². The summed E-state index contributed by atoms with van der Waals surface area (Å²) in [5.74, 6) is 0.938. The molecule has 0 aliphatic rings. The van der Waals surface area contributed by atoms with Crippen molar-refractivity contribution in [2.45, 2.75) is 18.4 Å². The average Bonchev–Trinajstić information content (AvgIpc) is 2.86. The highest BCUT2D eigenvalue weighted by Gasteiger charge is 2.21. The van der Waals surface area contributed by atoms with Gasteiger partial charge in [0, 0.05) is 19.3 Å². The van der Waals surface area contributed by atoms with E-state index < -0.39 is 10.0 Å². The van der Waals surface area contributed by atoms with E-state index in [0.29, 0.717) is 23.8 Å². The van der Waals surface area contributed by atoms with Gasteiger partial charge in [-0.3, -0.25) is 9.40 Å². The summed E-state index contributed by atoms with van der Waals surface area (Å²) in [5.41, 5.74) is 0.415. The molecule has 0 atom stereocenters. The Balaban J connectivity index is 2.28. The maximum absolute atomic E-state index is 12.2. The van der Waals surface area contributed by atoms with Crippen LogP contribution < -0.4 is 10.0 Å². The number of hydrogen-bond acceptors (Lipinski definition) is 5. The van der Waals surface area contributed by atoms with E-state index in [9.17, 15) is 8.42 Å². The lowest BCUT2D eigenvalue weighted by atomic mass is 10.4. The van der Waals surface area contributed by atoms with Crippen LogP contribution in [0.15, 0.2) is 27.8 Å². The highest BCUT2D eigenvalue weighted by Crippen LogP contribution is 2.22. The van der Waals surface area contributed by atoms with Gasteiger partial charge in [-0.05, 0) is 14.0 Å². The van der Waals surface area contributed by atoms with Gasteiger partial charge in [-0.2, -0.15) is 5.10 Å². The molecule has 0 radical (unpaired) electrons. The first kappa shape index (κ1) is 13.6. The molecule has 2 N–H and O–H groups in total. The number of aromatic nitrogens is 2. The molecule has 8 heteroatoms. The highest BCUT2D eigenvalue weighted by molar-refractivity contribution is 7.92. The van der Waals surface area contributed by atoms with E-state index in [1.165, 1.54) is 16.9 Å². The highest BCUT2D eigenvalue weighted by atomic mass is 32.2. The average molecular weight is 284 g/mol. The number of rotatable bonds is 5. The van der Waals surface area contributed by atoms with Crippen LogP contribution in [0.25, 0.3) is 0 Å². The van der Waals surface area contributed by atoms with Crippen LogP contribution in [0.3, 0.4) is 0 Å². The van der Waals surface area contributed by atoms with Crippen LogP contribution in [-0.4, -0.2) is 25.2 Å². The summed E-state index contributed by atoms with van der Waals surface area (Å²) in [5, 5.41) is 6.81. The van der Waals surface area contributed by atoms with Gasteiger partial charge in [0.1, 0.15) is 16.4 Å². The zero-order valence-electron chi connectivity index (χ0n) is 11.0. The van der Waals surface area contributed by atoms with Crippen molar-refractivity contribution >= 4 is 15.7 Å². The first-order valence-corrected chi connectivity index (χ1v) is 7.16. The van der Waals surface area contributed by atoms with Crippen molar-refractivity contribution in [1.82, 2.24) is 15.1 Å². The Labute approximate surface area is 111 Å². The summed E-state index contributed by atoms with van der Waals surface area (Å²) in [6.07, 6.45) is 3.03. The van der Waals surface area contributed by atoms with Gasteiger partial charge < -0.3 is 9.73 Å². The molecular formula is C11H16N4O3S. The fourth-order valence-corrected chi connectivity index (χ4v) is 2.97. The van der Waals surface area contributed by atoms with Crippen LogP contribution in [0.2, 0.25) is 0 Å². The normalized spacial score (nSPS) is 11.7. The number of anilines is 1. The van der Waals surface area contributed by atoms with Gasteiger partial charge in [-0.15, -0.1) is 0 Å². The quantitative estimate of drug-likeness (QED) is 0.849. The number of aryl methyl sites for hydroxylation is 2. The van der Waals surface area contributed by atoms with Crippen LogP contribution in [0.4, 0.5) is 5.69 Å². The number of nitrogens with one attached hydrogen (secondary N) is 2. The molecule has 7 nitrogen and oxygen atoms in total. The lowest BCUT2D eigenvalue weighted by molar-refractivity contribution is 0.466. The molecule has 0 aliphatic heterocycles.